The van der Waals surface area contributed by atoms with Gasteiger partial charge in [-0.2, -0.15) is 0 Å². The summed E-state index contributed by atoms with van der Waals surface area (Å²) in [6.45, 7) is 1.36. The van der Waals surface area contributed by atoms with Gasteiger partial charge < -0.3 is 5.73 Å². The zero-order valence-electron chi connectivity index (χ0n) is 9.67. The van der Waals surface area contributed by atoms with Crippen LogP contribution in [0.2, 0.25) is 0 Å². The Hall–Kier alpha value is -2.50. The fourth-order valence-electron chi connectivity index (χ4n) is 1.55. The predicted octanol–water partition coefficient (Wildman–Crippen LogP) is 1.88. The summed E-state index contributed by atoms with van der Waals surface area (Å²) in [5.41, 5.74) is 6.41. The predicted molar refractivity (Wildman–Crippen MR) is 65.7 cm³/mol. The lowest BCUT2D eigenvalue weighted by Gasteiger charge is -2.19. The number of anilines is 3. The van der Waals surface area contributed by atoms with E-state index in [2.05, 4.69) is 9.97 Å². The molecule has 0 aromatic carbocycles. The van der Waals surface area contributed by atoms with Crippen LogP contribution in [0, 0.1) is 5.82 Å². The molecule has 0 saturated carbocycles. The number of amides is 1. The van der Waals surface area contributed by atoms with Crippen molar-refractivity contribution in [2.75, 3.05) is 10.6 Å². The molecule has 1 amide bonds. The minimum absolute atomic E-state index is 0.305. The van der Waals surface area contributed by atoms with Gasteiger partial charge in [-0.1, -0.05) is 0 Å². The molecule has 2 heterocycles. The van der Waals surface area contributed by atoms with E-state index in [0.717, 1.165) is 6.20 Å². The standard InChI is InChI=1S/C12H11FN4O/c1-8(18)17(11-4-9(13)6-15-7-11)12-5-10(14)2-3-16-12/h2-7H,1H3,(H2,14,16). The Bertz CT molecular complexity index is 542. The molecule has 0 spiro atoms. The molecule has 2 rings (SSSR count). The van der Waals surface area contributed by atoms with Gasteiger partial charge in [0.15, 0.2) is 0 Å². The van der Waals surface area contributed by atoms with Gasteiger partial charge in [-0.25, -0.2) is 9.37 Å². The number of rotatable bonds is 2. The molecule has 0 aliphatic heterocycles. The highest BCUT2D eigenvalue weighted by atomic mass is 19.1. The van der Waals surface area contributed by atoms with Crippen molar-refractivity contribution in [1.82, 2.24) is 9.97 Å². The zero-order chi connectivity index (χ0) is 13.1. The molecule has 0 bridgehead atoms. The first kappa shape index (κ1) is 12.0. The van der Waals surface area contributed by atoms with E-state index in [0.29, 0.717) is 17.2 Å². The number of aromatic nitrogens is 2. The summed E-state index contributed by atoms with van der Waals surface area (Å²) < 4.78 is 13.1. The van der Waals surface area contributed by atoms with E-state index in [9.17, 15) is 9.18 Å². The highest BCUT2D eigenvalue weighted by Gasteiger charge is 2.16. The number of nitrogens with zero attached hydrogens (tertiary/aromatic N) is 3. The maximum absolute atomic E-state index is 13.1. The molecule has 6 heteroatoms. The maximum Gasteiger partial charge on any atom is 0.229 e. The number of halogens is 1. The quantitative estimate of drug-likeness (QED) is 0.878. The second-order valence-corrected chi connectivity index (χ2v) is 3.66. The third-order valence-corrected chi connectivity index (χ3v) is 2.26. The van der Waals surface area contributed by atoms with Crippen LogP contribution >= 0.6 is 0 Å². The van der Waals surface area contributed by atoms with Crippen molar-refractivity contribution in [3.8, 4) is 0 Å². The fourth-order valence-corrected chi connectivity index (χ4v) is 1.55. The van der Waals surface area contributed by atoms with Gasteiger partial charge in [0.05, 0.1) is 18.1 Å². The van der Waals surface area contributed by atoms with Crippen molar-refractivity contribution in [3.05, 3.63) is 42.6 Å². The number of hydrogen-bond acceptors (Lipinski definition) is 4. The van der Waals surface area contributed by atoms with E-state index in [1.807, 2.05) is 0 Å². The average molecular weight is 246 g/mol. The summed E-state index contributed by atoms with van der Waals surface area (Å²) in [7, 11) is 0. The van der Waals surface area contributed by atoms with Gasteiger partial charge in [0.25, 0.3) is 0 Å². The molecule has 0 saturated heterocycles. The molecule has 0 aliphatic carbocycles. The molecule has 0 radical (unpaired) electrons. The lowest BCUT2D eigenvalue weighted by Crippen LogP contribution is -2.24. The Kier molecular flexibility index (Phi) is 3.18. The molecule has 2 aromatic heterocycles. The fraction of sp³-hybridized carbons (Fsp3) is 0.0833. The monoisotopic (exact) mass is 246 g/mol. The van der Waals surface area contributed by atoms with Crippen molar-refractivity contribution < 1.29 is 9.18 Å². The molecule has 0 fully saturated rings. The molecular weight excluding hydrogens is 235 g/mol. The summed E-state index contributed by atoms with van der Waals surface area (Å²) in [6, 6.07) is 4.34. The molecule has 2 N–H and O–H groups in total. The molecular formula is C12H11FN4O. The number of hydrogen-bond donors (Lipinski definition) is 1. The maximum atomic E-state index is 13.1. The first-order valence-corrected chi connectivity index (χ1v) is 5.20. The van der Waals surface area contributed by atoms with Crippen LogP contribution in [-0.4, -0.2) is 15.9 Å². The average Bonchev–Trinajstić information content (AvgIpc) is 2.28. The van der Waals surface area contributed by atoms with E-state index in [-0.39, 0.29) is 5.91 Å². The molecule has 92 valence electrons. The minimum atomic E-state index is -0.525. The molecule has 18 heavy (non-hydrogen) atoms. The number of nitrogen functional groups attached to an aromatic ring is 1. The number of carbonyl (C=O) groups is 1. The number of pyridine rings is 2. The Balaban J connectivity index is 2.50. The minimum Gasteiger partial charge on any atom is -0.399 e. The van der Waals surface area contributed by atoms with Crippen molar-refractivity contribution in [2.24, 2.45) is 0 Å². The van der Waals surface area contributed by atoms with Crippen molar-refractivity contribution in [2.45, 2.75) is 6.92 Å². The summed E-state index contributed by atoms with van der Waals surface area (Å²) in [4.78, 5) is 20.7. The SMILES string of the molecule is CC(=O)N(c1cncc(F)c1)c1cc(N)ccn1. The molecule has 0 atom stereocenters. The second kappa shape index (κ2) is 4.79. The highest BCUT2D eigenvalue weighted by Crippen LogP contribution is 2.24. The van der Waals surface area contributed by atoms with Gasteiger partial charge >= 0.3 is 0 Å². The Labute approximate surface area is 103 Å². The summed E-state index contributed by atoms with van der Waals surface area (Å²) in [6.07, 6.45) is 3.93. The normalized spacial score (nSPS) is 10.1. The van der Waals surface area contributed by atoms with Gasteiger partial charge in [0, 0.05) is 30.9 Å². The van der Waals surface area contributed by atoms with E-state index in [1.165, 1.54) is 36.4 Å². The number of nitrogens with two attached hydrogens (primary N) is 1. The Morgan fingerprint density at radius 2 is 2.17 bits per heavy atom. The van der Waals surface area contributed by atoms with Crippen molar-refractivity contribution in [1.29, 1.82) is 0 Å². The third-order valence-electron chi connectivity index (χ3n) is 2.26. The molecule has 0 aliphatic rings. The first-order valence-electron chi connectivity index (χ1n) is 5.20. The van der Waals surface area contributed by atoms with Gasteiger partial charge in [-0.15, -0.1) is 0 Å². The summed E-state index contributed by atoms with van der Waals surface area (Å²) in [5.74, 6) is -0.502. The topological polar surface area (TPSA) is 72.1 Å². The van der Waals surface area contributed by atoms with Gasteiger partial charge in [0.1, 0.15) is 11.6 Å². The van der Waals surface area contributed by atoms with Crippen LogP contribution in [0.15, 0.2) is 36.8 Å². The van der Waals surface area contributed by atoms with Crippen molar-refractivity contribution >= 4 is 23.1 Å². The van der Waals surface area contributed by atoms with Crippen LogP contribution < -0.4 is 10.6 Å². The summed E-state index contributed by atoms with van der Waals surface area (Å²) >= 11 is 0. The lowest BCUT2D eigenvalue weighted by atomic mass is 10.3. The zero-order valence-corrected chi connectivity index (χ0v) is 9.67. The molecule has 2 aromatic rings. The van der Waals surface area contributed by atoms with Crippen LogP contribution in [0.4, 0.5) is 21.6 Å². The van der Waals surface area contributed by atoms with Gasteiger partial charge in [0.2, 0.25) is 5.91 Å². The number of carbonyl (C=O) groups excluding carboxylic acids is 1. The van der Waals surface area contributed by atoms with Crippen LogP contribution in [0.3, 0.4) is 0 Å². The van der Waals surface area contributed by atoms with E-state index >= 15 is 0 Å². The third kappa shape index (κ3) is 2.42. The highest BCUT2D eigenvalue weighted by molar-refractivity contribution is 5.98. The van der Waals surface area contributed by atoms with Crippen LogP contribution in [0.25, 0.3) is 0 Å². The lowest BCUT2D eigenvalue weighted by molar-refractivity contribution is -0.115. The van der Waals surface area contributed by atoms with Crippen LogP contribution in [-0.2, 0) is 4.79 Å². The van der Waals surface area contributed by atoms with Gasteiger partial charge in [-0.3, -0.25) is 14.7 Å². The Morgan fingerprint density at radius 1 is 1.39 bits per heavy atom. The Morgan fingerprint density at radius 3 is 2.78 bits per heavy atom. The van der Waals surface area contributed by atoms with Crippen LogP contribution in [0.5, 0.6) is 0 Å². The largest absolute Gasteiger partial charge is 0.399 e. The first-order chi connectivity index (χ1) is 8.58. The van der Waals surface area contributed by atoms with Crippen molar-refractivity contribution in [3.63, 3.8) is 0 Å². The second-order valence-electron chi connectivity index (χ2n) is 3.66. The van der Waals surface area contributed by atoms with E-state index in [1.54, 1.807) is 6.07 Å². The summed E-state index contributed by atoms with van der Waals surface area (Å²) in [5, 5.41) is 0. The van der Waals surface area contributed by atoms with Gasteiger partial charge in [-0.05, 0) is 6.07 Å². The molecule has 0 unspecified atom stereocenters. The van der Waals surface area contributed by atoms with E-state index in [4.69, 9.17) is 5.73 Å². The van der Waals surface area contributed by atoms with E-state index < -0.39 is 5.82 Å². The molecule has 5 nitrogen and oxygen atoms in total. The smallest absolute Gasteiger partial charge is 0.229 e. The van der Waals surface area contributed by atoms with Crippen LogP contribution in [0.1, 0.15) is 6.92 Å².